The zero-order valence-electron chi connectivity index (χ0n) is 12.9. The van der Waals surface area contributed by atoms with Gasteiger partial charge in [0.1, 0.15) is 0 Å². The predicted molar refractivity (Wildman–Crippen MR) is 84.5 cm³/mol. The molecule has 1 aromatic carbocycles. The van der Waals surface area contributed by atoms with Gasteiger partial charge in [0.2, 0.25) is 0 Å². The van der Waals surface area contributed by atoms with Crippen molar-refractivity contribution in [3.63, 3.8) is 0 Å². The Morgan fingerprint density at radius 3 is 2.40 bits per heavy atom. The van der Waals surface area contributed by atoms with Crippen molar-refractivity contribution in [3.05, 3.63) is 47.3 Å². The zero-order valence-corrected chi connectivity index (χ0v) is 12.9. The molecule has 3 nitrogen and oxygen atoms in total. The highest BCUT2D eigenvalue weighted by Gasteiger charge is 2.15. The molecule has 2 aromatic rings. The summed E-state index contributed by atoms with van der Waals surface area (Å²) in [6.45, 7) is 9.49. The molecule has 0 bridgehead atoms. The van der Waals surface area contributed by atoms with Crippen LogP contribution in [0.15, 0.2) is 30.3 Å². The van der Waals surface area contributed by atoms with Crippen molar-refractivity contribution in [1.29, 1.82) is 0 Å². The van der Waals surface area contributed by atoms with E-state index in [0.717, 1.165) is 12.1 Å². The molecular weight excluding hydrogens is 246 g/mol. The third-order valence-electron chi connectivity index (χ3n) is 3.57. The molecule has 0 unspecified atom stereocenters. The van der Waals surface area contributed by atoms with Crippen molar-refractivity contribution in [2.75, 3.05) is 6.54 Å². The van der Waals surface area contributed by atoms with Crippen LogP contribution in [0.5, 0.6) is 0 Å². The molecule has 0 saturated heterocycles. The lowest BCUT2D eigenvalue weighted by Crippen LogP contribution is -2.08. The van der Waals surface area contributed by atoms with Gasteiger partial charge in [-0.25, -0.2) is 4.68 Å². The van der Waals surface area contributed by atoms with Crippen molar-refractivity contribution >= 4 is 0 Å². The number of benzene rings is 1. The summed E-state index contributed by atoms with van der Waals surface area (Å²) in [5.74, 6) is 0.919. The average Bonchev–Trinajstić information content (AvgIpc) is 2.83. The highest BCUT2D eigenvalue weighted by molar-refractivity contribution is 5.44. The highest BCUT2D eigenvalue weighted by Crippen LogP contribution is 2.26. The van der Waals surface area contributed by atoms with Gasteiger partial charge < -0.3 is 5.73 Å². The number of nitrogens with zero attached hydrogens (tertiary/aromatic N) is 2. The molecule has 1 aromatic heterocycles. The lowest BCUT2D eigenvalue weighted by Gasteiger charge is -2.16. The van der Waals surface area contributed by atoms with Gasteiger partial charge >= 0.3 is 0 Å². The number of rotatable bonds is 5. The van der Waals surface area contributed by atoms with Crippen molar-refractivity contribution in [1.82, 2.24) is 9.78 Å². The summed E-state index contributed by atoms with van der Waals surface area (Å²) < 4.78 is 2.10. The molecule has 0 amide bonds. The molecule has 0 atom stereocenters. The number of aromatic nitrogens is 2. The third kappa shape index (κ3) is 2.93. The van der Waals surface area contributed by atoms with Crippen molar-refractivity contribution in [2.45, 2.75) is 46.0 Å². The Bertz CT molecular complexity index is 567. The van der Waals surface area contributed by atoms with Crippen molar-refractivity contribution in [3.8, 4) is 5.69 Å². The summed E-state index contributed by atoms with van der Waals surface area (Å²) in [6.07, 6.45) is 0.830. The molecule has 108 valence electrons. The third-order valence-corrected chi connectivity index (χ3v) is 3.57. The first kappa shape index (κ1) is 14.8. The van der Waals surface area contributed by atoms with E-state index in [1.807, 2.05) is 0 Å². The maximum Gasteiger partial charge on any atom is 0.0683 e. The van der Waals surface area contributed by atoms with E-state index in [4.69, 9.17) is 10.8 Å². The van der Waals surface area contributed by atoms with E-state index in [0.29, 0.717) is 18.4 Å². The second kappa shape index (κ2) is 6.23. The van der Waals surface area contributed by atoms with Gasteiger partial charge in [0.25, 0.3) is 0 Å². The lowest BCUT2D eigenvalue weighted by atomic mass is 10.0. The van der Waals surface area contributed by atoms with Crippen LogP contribution >= 0.6 is 0 Å². The van der Waals surface area contributed by atoms with Crippen LogP contribution in [-0.2, 0) is 6.42 Å². The Labute approximate surface area is 121 Å². The minimum atomic E-state index is 0.439. The Hall–Kier alpha value is -1.61. The van der Waals surface area contributed by atoms with Crippen LogP contribution in [0, 0.1) is 0 Å². The van der Waals surface area contributed by atoms with Crippen LogP contribution in [-0.4, -0.2) is 16.3 Å². The van der Waals surface area contributed by atoms with E-state index >= 15 is 0 Å². The molecular formula is C17H25N3. The largest absolute Gasteiger partial charge is 0.330 e. The summed E-state index contributed by atoms with van der Waals surface area (Å²) in [5.41, 5.74) is 10.5. The summed E-state index contributed by atoms with van der Waals surface area (Å²) in [6, 6.07) is 10.7. The van der Waals surface area contributed by atoms with E-state index in [2.05, 4.69) is 62.7 Å². The van der Waals surface area contributed by atoms with Crippen LogP contribution in [0.3, 0.4) is 0 Å². The predicted octanol–water partition coefficient (Wildman–Crippen LogP) is 3.62. The van der Waals surface area contributed by atoms with Crippen LogP contribution in [0.2, 0.25) is 0 Å². The van der Waals surface area contributed by atoms with E-state index < -0.39 is 0 Å². The Balaban J connectivity index is 2.56. The van der Waals surface area contributed by atoms with Gasteiger partial charge in [-0.15, -0.1) is 0 Å². The summed E-state index contributed by atoms with van der Waals surface area (Å²) in [7, 11) is 0. The first-order valence-electron chi connectivity index (χ1n) is 7.42. The minimum absolute atomic E-state index is 0.439. The smallest absolute Gasteiger partial charge is 0.0683 e. The van der Waals surface area contributed by atoms with Gasteiger partial charge in [0, 0.05) is 12.1 Å². The number of nitrogens with two attached hydrogens (primary N) is 1. The van der Waals surface area contributed by atoms with Crippen molar-refractivity contribution in [2.24, 2.45) is 5.73 Å². The molecule has 0 aliphatic rings. The molecule has 2 N–H and O–H groups in total. The van der Waals surface area contributed by atoms with Gasteiger partial charge in [-0.05, 0) is 36.1 Å². The Morgan fingerprint density at radius 2 is 1.80 bits per heavy atom. The summed E-state index contributed by atoms with van der Waals surface area (Å²) >= 11 is 0. The maximum absolute atomic E-state index is 5.66. The Morgan fingerprint density at radius 1 is 1.10 bits per heavy atom. The maximum atomic E-state index is 5.66. The fourth-order valence-corrected chi connectivity index (χ4v) is 2.49. The molecule has 0 saturated carbocycles. The fourth-order valence-electron chi connectivity index (χ4n) is 2.49. The molecule has 2 rings (SSSR count). The van der Waals surface area contributed by atoms with Gasteiger partial charge in [-0.1, -0.05) is 45.9 Å². The second-order valence-electron chi connectivity index (χ2n) is 5.88. The van der Waals surface area contributed by atoms with Crippen molar-refractivity contribution < 1.29 is 0 Å². The van der Waals surface area contributed by atoms with Crippen LogP contribution in [0.25, 0.3) is 5.69 Å². The van der Waals surface area contributed by atoms with Crippen LogP contribution < -0.4 is 5.73 Å². The van der Waals surface area contributed by atoms with E-state index in [1.165, 1.54) is 16.9 Å². The molecule has 0 spiro atoms. The van der Waals surface area contributed by atoms with E-state index in [1.54, 1.807) is 0 Å². The number of hydrogen-bond acceptors (Lipinski definition) is 2. The monoisotopic (exact) mass is 271 g/mol. The normalized spacial score (nSPS) is 11.6. The van der Waals surface area contributed by atoms with E-state index in [9.17, 15) is 0 Å². The van der Waals surface area contributed by atoms with E-state index in [-0.39, 0.29) is 0 Å². The number of para-hydroxylation sites is 1. The molecule has 3 heteroatoms. The summed E-state index contributed by atoms with van der Waals surface area (Å²) in [5, 5.41) is 4.77. The van der Waals surface area contributed by atoms with Gasteiger partial charge in [0.05, 0.1) is 11.4 Å². The highest BCUT2D eigenvalue weighted by atomic mass is 15.3. The van der Waals surface area contributed by atoms with Gasteiger partial charge in [-0.2, -0.15) is 5.10 Å². The van der Waals surface area contributed by atoms with Crippen LogP contribution in [0.1, 0.15) is 56.5 Å². The lowest BCUT2D eigenvalue weighted by molar-refractivity contribution is 0.712. The average molecular weight is 271 g/mol. The summed E-state index contributed by atoms with van der Waals surface area (Å²) in [4.78, 5) is 0. The molecule has 0 fully saturated rings. The molecule has 0 aliphatic carbocycles. The second-order valence-corrected chi connectivity index (χ2v) is 5.88. The molecule has 1 heterocycles. The first-order chi connectivity index (χ1) is 9.54. The SMILES string of the molecule is CC(C)c1ccccc1-n1nc(CCN)cc1C(C)C. The van der Waals surface area contributed by atoms with Crippen LogP contribution in [0.4, 0.5) is 0 Å². The topological polar surface area (TPSA) is 43.8 Å². The zero-order chi connectivity index (χ0) is 14.7. The Kier molecular flexibility index (Phi) is 4.61. The standard InChI is InChI=1S/C17H25N3/c1-12(2)15-7-5-6-8-16(15)20-17(13(3)4)11-14(19-20)9-10-18/h5-8,11-13H,9-10,18H2,1-4H3. The number of hydrogen-bond donors (Lipinski definition) is 1. The van der Waals surface area contributed by atoms with Gasteiger partial charge in [0.15, 0.2) is 0 Å². The quantitative estimate of drug-likeness (QED) is 0.902. The van der Waals surface area contributed by atoms with Gasteiger partial charge in [-0.3, -0.25) is 0 Å². The molecule has 0 radical (unpaired) electrons. The molecule has 20 heavy (non-hydrogen) atoms. The first-order valence-corrected chi connectivity index (χ1v) is 7.42. The minimum Gasteiger partial charge on any atom is -0.330 e. The fraction of sp³-hybridized carbons (Fsp3) is 0.471. The molecule has 0 aliphatic heterocycles.